The minimum absolute atomic E-state index is 0.0288. The highest BCUT2D eigenvalue weighted by Crippen LogP contribution is 2.25. The molecule has 0 saturated heterocycles. The average Bonchev–Trinajstić information content (AvgIpc) is 3.15. The third-order valence-corrected chi connectivity index (χ3v) is 5.15. The Balaban J connectivity index is 1.67. The lowest BCUT2D eigenvalue weighted by atomic mass is 10.1. The van der Waals surface area contributed by atoms with Crippen LogP contribution in [0.1, 0.15) is 30.5 Å². The fraction of sp³-hybridized carbons (Fsp3) is 0.0526. The van der Waals surface area contributed by atoms with E-state index in [-0.39, 0.29) is 28.6 Å². The molecule has 1 N–H and O–H groups in total. The van der Waals surface area contributed by atoms with E-state index in [2.05, 4.69) is 5.32 Å². The fourth-order valence-electron chi connectivity index (χ4n) is 2.39. The summed E-state index contributed by atoms with van der Waals surface area (Å²) in [5.41, 5.74) is 0.419. The number of nitro benzene ring substituents is 1. The quantitative estimate of drug-likeness (QED) is 0.375. The summed E-state index contributed by atoms with van der Waals surface area (Å²) < 4.78 is 0. The predicted octanol–water partition coefficient (Wildman–Crippen LogP) is 4.47. The van der Waals surface area contributed by atoms with Crippen molar-refractivity contribution in [3.05, 3.63) is 96.7 Å². The van der Waals surface area contributed by atoms with E-state index in [1.807, 2.05) is 6.07 Å². The number of rotatable bonds is 6. The molecule has 1 aromatic heterocycles. The lowest BCUT2D eigenvalue weighted by Gasteiger charge is -2.04. The Hall–Kier alpha value is -3.03. The maximum atomic E-state index is 12.4. The summed E-state index contributed by atoms with van der Waals surface area (Å²) in [5, 5.41) is 13.6. The summed E-state index contributed by atoms with van der Waals surface area (Å²) in [6, 6.07) is 16.3. The van der Waals surface area contributed by atoms with Crippen LogP contribution in [0.3, 0.4) is 0 Å². The van der Waals surface area contributed by atoms with E-state index in [0.717, 1.165) is 10.9 Å². The van der Waals surface area contributed by atoms with Gasteiger partial charge in [-0.2, -0.15) is 0 Å². The van der Waals surface area contributed by atoms with E-state index >= 15 is 0 Å². The number of thiophene rings is 1. The Morgan fingerprint density at radius 3 is 2.48 bits per heavy atom. The number of hydrogen-bond donors (Lipinski definition) is 1. The lowest BCUT2D eigenvalue weighted by Crippen LogP contribution is -2.22. The van der Waals surface area contributed by atoms with Crippen molar-refractivity contribution >= 4 is 40.3 Å². The second kappa shape index (κ2) is 8.11. The average molecular weight is 401 g/mol. The molecular weight excluding hydrogens is 388 g/mol. The smallest absolute Gasteiger partial charge is 0.288 e. The van der Waals surface area contributed by atoms with Crippen LogP contribution < -0.4 is 5.32 Å². The molecule has 3 rings (SSSR count). The Kier molecular flexibility index (Phi) is 5.63. The molecule has 0 spiro atoms. The van der Waals surface area contributed by atoms with Gasteiger partial charge in [-0.15, -0.1) is 11.3 Å². The Morgan fingerprint density at radius 2 is 1.78 bits per heavy atom. The van der Waals surface area contributed by atoms with Crippen molar-refractivity contribution in [3.8, 4) is 0 Å². The molecule has 1 amide bonds. The first-order chi connectivity index (χ1) is 13.0. The van der Waals surface area contributed by atoms with Gasteiger partial charge in [-0.3, -0.25) is 19.7 Å². The monoisotopic (exact) mass is 400 g/mol. The molecule has 1 heterocycles. The van der Waals surface area contributed by atoms with E-state index in [1.54, 1.807) is 36.4 Å². The summed E-state index contributed by atoms with van der Waals surface area (Å²) in [6.45, 7) is 0.210. The molecule has 0 bridgehead atoms. The third-order valence-electron chi connectivity index (χ3n) is 3.75. The topological polar surface area (TPSA) is 89.3 Å². The normalized spacial score (nSPS) is 10.4. The second-order valence-corrected chi connectivity index (χ2v) is 7.14. The van der Waals surface area contributed by atoms with Crippen LogP contribution in [0, 0.1) is 10.1 Å². The third kappa shape index (κ3) is 4.39. The van der Waals surface area contributed by atoms with Crippen LogP contribution in [0.5, 0.6) is 0 Å². The lowest BCUT2D eigenvalue weighted by molar-refractivity contribution is -0.384. The zero-order valence-electron chi connectivity index (χ0n) is 13.8. The van der Waals surface area contributed by atoms with Gasteiger partial charge in [-0.25, -0.2) is 0 Å². The molecule has 0 aliphatic heterocycles. The summed E-state index contributed by atoms with van der Waals surface area (Å²) in [5.74, 6) is -0.536. The van der Waals surface area contributed by atoms with E-state index in [1.165, 1.54) is 23.5 Å². The summed E-state index contributed by atoms with van der Waals surface area (Å²) in [6.07, 6.45) is 0. The maximum Gasteiger partial charge on any atom is 0.288 e. The molecule has 8 heteroatoms. The van der Waals surface area contributed by atoms with E-state index in [4.69, 9.17) is 11.6 Å². The van der Waals surface area contributed by atoms with Crippen molar-refractivity contribution in [1.82, 2.24) is 5.32 Å². The standard InChI is InChI=1S/C19H13ClN2O4S/c20-15-8-6-13(10-16(15)22(25)26)19(24)21-11-14-7-9-17(27-14)18(23)12-4-2-1-3-5-12/h1-10H,11H2,(H,21,24). The number of nitrogens with zero attached hydrogens (tertiary/aromatic N) is 1. The first-order valence-electron chi connectivity index (χ1n) is 7.86. The molecule has 0 aliphatic rings. The second-order valence-electron chi connectivity index (χ2n) is 5.57. The molecule has 6 nitrogen and oxygen atoms in total. The number of halogens is 1. The van der Waals surface area contributed by atoms with Crippen LogP contribution in [-0.2, 0) is 6.54 Å². The highest BCUT2D eigenvalue weighted by Gasteiger charge is 2.17. The van der Waals surface area contributed by atoms with Gasteiger partial charge in [0.1, 0.15) is 5.02 Å². The first kappa shape index (κ1) is 18.8. The number of carbonyl (C=O) groups excluding carboxylic acids is 2. The Bertz CT molecular complexity index is 1020. The molecule has 0 radical (unpaired) electrons. The molecule has 3 aromatic rings. The maximum absolute atomic E-state index is 12.4. The van der Waals surface area contributed by atoms with Crippen LogP contribution in [0.15, 0.2) is 60.7 Å². The van der Waals surface area contributed by atoms with Crippen LogP contribution in [0.25, 0.3) is 0 Å². The van der Waals surface area contributed by atoms with Gasteiger partial charge in [-0.1, -0.05) is 41.9 Å². The van der Waals surface area contributed by atoms with Gasteiger partial charge in [0.25, 0.3) is 11.6 Å². The van der Waals surface area contributed by atoms with E-state index in [0.29, 0.717) is 10.4 Å². The van der Waals surface area contributed by atoms with Gasteiger partial charge in [0.05, 0.1) is 16.3 Å². The highest BCUT2D eigenvalue weighted by atomic mass is 35.5. The van der Waals surface area contributed by atoms with Crippen LogP contribution in [-0.4, -0.2) is 16.6 Å². The molecular formula is C19H13ClN2O4S. The number of benzene rings is 2. The molecule has 27 heavy (non-hydrogen) atoms. The predicted molar refractivity (Wildman–Crippen MR) is 103 cm³/mol. The molecule has 2 aromatic carbocycles. The van der Waals surface area contributed by atoms with Gasteiger partial charge in [0, 0.05) is 22.1 Å². The summed E-state index contributed by atoms with van der Waals surface area (Å²) in [4.78, 5) is 36.3. The molecule has 0 atom stereocenters. The number of amides is 1. The van der Waals surface area contributed by atoms with Crippen LogP contribution >= 0.6 is 22.9 Å². The van der Waals surface area contributed by atoms with Gasteiger partial charge in [0.15, 0.2) is 0 Å². The van der Waals surface area contributed by atoms with Crippen molar-refractivity contribution < 1.29 is 14.5 Å². The van der Waals surface area contributed by atoms with Crippen molar-refractivity contribution in [2.24, 2.45) is 0 Å². The minimum Gasteiger partial charge on any atom is -0.347 e. The first-order valence-corrected chi connectivity index (χ1v) is 9.06. The van der Waals surface area contributed by atoms with Crippen LogP contribution in [0.4, 0.5) is 5.69 Å². The Morgan fingerprint density at radius 1 is 1.04 bits per heavy atom. The van der Waals surface area contributed by atoms with Gasteiger partial charge in [-0.05, 0) is 24.3 Å². The summed E-state index contributed by atoms with van der Waals surface area (Å²) in [7, 11) is 0. The Labute approximate surface area is 163 Å². The summed E-state index contributed by atoms with van der Waals surface area (Å²) >= 11 is 7.04. The molecule has 0 aliphatic carbocycles. The number of hydrogen-bond acceptors (Lipinski definition) is 5. The van der Waals surface area contributed by atoms with Crippen molar-refractivity contribution in [1.29, 1.82) is 0 Å². The van der Waals surface area contributed by atoms with Crippen molar-refractivity contribution in [2.75, 3.05) is 0 Å². The van der Waals surface area contributed by atoms with Crippen LogP contribution in [0.2, 0.25) is 5.02 Å². The number of nitrogens with one attached hydrogen (secondary N) is 1. The zero-order valence-corrected chi connectivity index (χ0v) is 15.4. The van der Waals surface area contributed by atoms with E-state index in [9.17, 15) is 19.7 Å². The van der Waals surface area contributed by atoms with Crippen molar-refractivity contribution in [2.45, 2.75) is 6.54 Å². The number of ketones is 1. The minimum atomic E-state index is -0.639. The van der Waals surface area contributed by atoms with Crippen molar-refractivity contribution in [3.63, 3.8) is 0 Å². The zero-order chi connectivity index (χ0) is 19.4. The van der Waals surface area contributed by atoms with Gasteiger partial charge < -0.3 is 5.32 Å². The molecule has 0 saturated carbocycles. The van der Waals surface area contributed by atoms with Gasteiger partial charge in [0.2, 0.25) is 5.78 Å². The molecule has 0 fully saturated rings. The van der Waals surface area contributed by atoms with Gasteiger partial charge >= 0.3 is 0 Å². The van der Waals surface area contributed by atoms with E-state index < -0.39 is 10.8 Å². The SMILES string of the molecule is O=C(NCc1ccc(C(=O)c2ccccc2)s1)c1ccc(Cl)c([N+](=O)[O-])c1. The molecule has 136 valence electrons. The molecule has 0 unspecified atom stereocenters. The highest BCUT2D eigenvalue weighted by molar-refractivity contribution is 7.14. The number of carbonyl (C=O) groups is 2. The number of nitro groups is 1. The largest absolute Gasteiger partial charge is 0.347 e. The fourth-order valence-corrected chi connectivity index (χ4v) is 3.49.